The quantitative estimate of drug-likeness (QED) is 0.751. The first-order valence-corrected chi connectivity index (χ1v) is 6.27. The van der Waals surface area contributed by atoms with Gasteiger partial charge in [0, 0.05) is 0 Å². The highest BCUT2D eigenvalue weighted by Gasteiger charge is 2.52. The van der Waals surface area contributed by atoms with Gasteiger partial charge in [-0.2, -0.15) is 0 Å². The van der Waals surface area contributed by atoms with Crippen LogP contribution in [0.3, 0.4) is 0 Å². The summed E-state index contributed by atoms with van der Waals surface area (Å²) < 4.78 is 17.4. The van der Waals surface area contributed by atoms with Crippen molar-refractivity contribution in [2.24, 2.45) is 0 Å². The van der Waals surface area contributed by atoms with Crippen LogP contribution in [-0.4, -0.2) is 25.4 Å². The summed E-state index contributed by atoms with van der Waals surface area (Å²) in [6.07, 6.45) is 0. The van der Waals surface area contributed by atoms with Crippen LogP contribution in [-0.2, 0) is 9.31 Å². The summed E-state index contributed by atoms with van der Waals surface area (Å²) in [7, 11) is 1.35. The summed E-state index contributed by atoms with van der Waals surface area (Å²) in [5.74, 6) is 0.863. The number of rotatable bonds is 2. The van der Waals surface area contributed by atoms with Crippen molar-refractivity contribution in [1.82, 2.24) is 0 Å². The molecular weight excluding hydrogens is 227 g/mol. The van der Waals surface area contributed by atoms with Crippen molar-refractivity contribution in [3.63, 3.8) is 0 Å². The number of hydrogen-bond donors (Lipinski definition) is 0. The van der Waals surface area contributed by atoms with E-state index in [-0.39, 0.29) is 18.3 Å². The highest BCUT2D eigenvalue weighted by atomic mass is 16.7. The van der Waals surface area contributed by atoms with Crippen molar-refractivity contribution in [3.8, 4) is 5.75 Å². The van der Waals surface area contributed by atoms with E-state index in [9.17, 15) is 0 Å². The average molecular weight is 248 g/mol. The molecule has 0 amide bonds. The van der Waals surface area contributed by atoms with Gasteiger partial charge >= 0.3 is 7.12 Å². The SMILES string of the molecule is COc1cccc(B2OC(C)(C)C(C)(C)O2)c1C. The Balaban J connectivity index is 2.35. The molecule has 0 radical (unpaired) electrons. The van der Waals surface area contributed by atoms with Gasteiger partial charge in [0.15, 0.2) is 0 Å². The maximum atomic E-state index is 6.05. The van der Waals surface area contributed by atoms with Gasteiger partial charge in [-0.1, -0.05) is 12.1 Å². The molecule has 0 unspecified atom stereocenters. The molecule has 1 aromatic carbocycles. The molecule has 18 heavy (non-hydrogen) atoms. The van der Waals surface area contributed by atoms with Crippen LogP contribution in [0.4, 0.5) is 0 Å². The summed E-state index contributed by atoms with van der Waals surface area (Å²) in [6.45, 7) is 10.3. The number of ether oxygens (including phenoxy) is 1. The van der Waals surface area contributed by atoms with E-state index in [0.717, 1.165) is 16.8 Å². The van der Waals surface area contributed by atoms with Crippen molar-refractivity contribution in [3.05, 3.63) is 23.8 Å². The smallest absolute Gasteiger partial charge is 0.495 e. The molecule has 0 aliphatic carbocycles. The predicted octanol–water partition coefficient (Wildman–Crippen LogP) is 2.30. The van der Waals surface area contributed by atoms with Gasteiger partial charge in [0.25, 0.3) is 0 Å². The van der Waals surface area contributed by atoms with Gasteiger partial charge in [-0.25, -0.2) is 0 Å². The van der Waals surface area contributed by atoms with Crippen molar-refractivity contribution in [1.29, 1.82) is 0 Å². The first kappa shape index (κ1) is 13.4. The van der Waals surface area contributed by atoms with Crippen LogP contribution >= 0.6 is 0 Å². The second kappa shape index (κ2) is 4.28. The summed E-state index contributed by atoms with van der Waals surface area (Å²) in [5.41, 5.74) is 1.48. The number of benzene rings is 1. The molecule has 98 valence electrons. The van der Waals surface area contributed by atoms with E-state index in [1.807, 2.05) is 25.1 Å². The molecule has 1 aliphatic rings. The molecule has 0 saturated carbocycles. The molecule has 1 aliphatic heterocycles. The normalized spacial score (nSPS) is 21.1. The van der Waals surface area contributed by atoms with Gasteiger partial charge in [-0.3, -0.25) is 0 Å². The Morgan fingerprint density at radius 3 is 2.11 bits per heavy atom. The maximum absolute atomic E-state index is 6.05. The molecule has 0 N–H and O–H groups in total. The third-order valence-corrected chi connectivity index (χ3v) is 4.05. The molecule has 0 aromatic heterocycles. The Labute approximate surface area is 110 Å². The van der Waals surface area contributed by atoms with E-state index >= 15 is 0 Å². The second-order valence-corrected chi connectivity index (χ2v) is 5.76. The van der Waals surface area contributed by atoms with Crippen LogP contribution in [0.1, 0.15) is 33.3 Å². The Kier molecular flexibility index (Phi) is 3.20. The number of hydrogen-bond acceptors (Lipinski definition) is 3. The highest BCUT2D eigenvalue weighted by molar-refractivity contribution is 6.62. The molecule has 0 bridgehead atoms. The van der Waals surface area contributed by atoms with Crippen LogP contribution in [0.15, 0.2) is 18.2 Å². The van der Waals surface area contributed by atoms with Gasteiger partial charge in [0.05, 0.1) is 18.3 Å². The third kappa shape index (κ3) is 2.04. The molecule has 1 aromatic rings. The average Bonchev–Trinajstić information content (AvgIpc) is 2.48. The summed E-state index contributed by atoms with van der Waals surface area (Å²) in [6, 6.07) is 5.94. The lowest BCUT2D eigenvalue weighted by Gasteiger charge is -2.32. The zero-order chi connectivity index (χ0) is 13.6. The largest absolute Gasteiger partial charge is 0.497 e. The molecule has 1 saturated heterocycles. The monoisotopic (exact) mass is 248 g/mol. The van der Waals surface area contributed by atoms with E-state index in [2.05, 4.69) is 27.7 Å². The molecule has 1 fully saturated rings. The molecule has 3 nitrogen and oxygen atoms in total. The van der Waals surface area contributed by atoms with Gasteiger partial charge in [-0.15, -0.1) is 0 Å². The van der Waals surface area contributed by atoms with Crippen molar-refractivity contribution >= 4 is 12.6 Å². The van der Waals surface area contributed by atoms with Crippen LogP contribution < -0.4 is 10.2 Å². The standard InChI is InChI=1S/C14H21BO3/c1-10-11(8-7-9-12(10)16-6)15-17-13(2,3)14(4,5)18-15/h7-9H,1-6H3. The van der Waals surface area contributed by atoms with Gasteiger partial charge in [-0.05, 0) is 51.7 Å². The third-order valence-electron chi connectivity index (χ3n) is 4.05. The fraction of sp³-hybridized carbons (Fsp3) is 0.571. The lowest BCUT2D eigenvalue weighted by molar-refractivity contribution is 0.00578. The van der Waals surface area contributed by atoms with Crippen LogP contribution in [0.2, 0.25) is 0 Å². The van der Waals surface area contributed by atoms with Crippen molar-refractivity contribution in [2.45, 2.75) is 45.8 Å². The molecule has 4 heteroatoms. The Hall–Kier alpha value is -0.995. The predicted molar refractivity (Wildman–Crippen MR) is 73.4 cm³/mol. The zero-order valence-electron chi connectivity index (χ0n) is 12.0. The Morgan fingerprint density at radius 2 is 1.61 bits per heavy atom. The Morgan fingerprint density at radius 1 is 1.06 bits per heavy atom. The Bertz CT molecular complexity index is 438. The fourth-order valence-electron chi connectivity index (χ4n) is 2.08. The second-order valence-electron chi connectivity index (χ2n) is 5.76. The molecule has 1 heterocycles. The highest BCUT2D eigenvalue weighted by Crippen LogP contribution is 2.37. The summed E-state index contributed by atoms with van der Waals surface area (Å²) in [5, 5.41) is 0. The lowest BCUT2D eigenvalue weighted by atomic mass is 9.76. The molecule has 0 spiro atoms. The summed E-state index contributed by atoms with van der Waals surface area (Å²) >= 11 is 0. The minimum Gasteiger partial charge on any atom is -0.497 e. The first-order valence-electron chi connectivity index (χ1n) is 6.27. The van der Waals surface area contributed by atoms with E-state index < -0.39 is 0 Å². The number of methoxy groups -OCH3 is 1. The molecular formula is C14H21BO3. The maximum Gasteiger partial charge on any atom is 0.495 e. The van der Waals surface area contributed by atoms with E-state index in [1.165, 1.54) is 0 Å². The van der Waals surface area contributed by atoms with Gasteiger partial charge < -0.3 is 14.0 Å². The van der Waals surface area contributed by atoms with Gasteiger partial charge in [0.1, 0.15) is 5.75 Å². The van der Waals surface area contributed by atoms with E-state index in [1.54, 1.807) is 7.11 Å². The van der Waals surface area contributed by atoms with Crippen LogP contribution in [0.25, 0.3) is 0 Å². The van der Waals surface area contributed by atoms with E-state index in [4.69, 9.17) is 14.0 Å². The topological polar surface area (TPSA) is 27.7 Å². The lowest BCUT2D eigenvalue weighted by Crippen LogP contribution is -2.41. The minimum atomic E-state index is -0.329. The van der Waals surface area contributed by atoms with Crippen LogP contribution in [0.5, 0.6) is 5.75 Å². The van der Waals surface area contributed by atoms with Crippen molar-refractivity contribution in [2.75, 3.05) is 7.11 Å². The van der Waals surface area contributed by atoms with Crippen LogP contribution in [0, 0.1) is 6.92 Å². The first-order chi connectivity index (χ1) is 8.28. The summed E-state index contributed by atoms with van der Waals surface area (Å²) in [4.78, 5) is 0. The molecule has 2 rings (SSSR count). The van der Waals surface area contributed by atoms with Gasteiger partial charge in [0.2, 0.25) is 0 Å². The fourth-order valence-corrected chi connectivity index (χ4v) is 2.08. The van der Waals surface area contributed by atoms with Crippen molar-refractivity contribution < 1.29 is 14.0 Å². The van der Waals surface area contributed by atoms with E-state index in [0.29, 0.717) is 0 Å². The minimum absolute atomic E-state index is 0.312. The zero-order valence-corrected chi connectivity index (χ0v) is 12.0. The molecule has 0 atom stereocenters.